The molecule has 0 spiro atoms. The van der Waals surface area contributed by atoms with E-state index in [1.807, 2.05) is 6.07 Å². The molecule has 1 heterocycles. The first-order chi connectivity index (χ1) is 13.0. The van der Waals surface area contributed by atoms with Crippen LogP contribution in [0, 0.1) is 0 Å². The van der Waals surface area contributed by atoms with Gasteiger partial charge in [0.2, 0.25) is 11.0 Å². The summed E-state index contributed by atoms with van der Waals surface area (Å²) in [6.45, 7) is 6.97. The molecule has 1 aromatic heterocycles. The number of nitrogens with one attached hydrogen (secondary N) is 1. The number of aromatic nitrogens is 2. The summed E-state index contributed by atoms with van der Waals surface area (Å²) in [4.78, 5) is 12.0. The average Bonchev–Trinajstić information content (AvgIpc) is 3.07. The van der Waals surface area contributed by atoms with E-state index in [9.17, 15) is 4.79 Å². The highest BCUT2D eigenvalue weighted by atomic mass is 79.9. The average molecular weight is 472 g/mol. The second-order valence-electron chi connectivity index (χ2n) is 6.42. The zero-order chi connectivity index (χ0) is 19.6. The summed E-state index contributed by atoms with van der Waals surface area (Å²) >= 11 is 6.66. The molecular formula is C19H26BrN3O2S2. The number of halogens is 1. The molecule has 0 bridgehead atoms. The molecular weight excluding hydrogens is 446 g/mol. The molecule has 0 aliphatic carbocycles. The molecule has 0 fully saturated rings. The Hall–Kier alpha value is -1.12. The van der Waals surface area contributed by atoms with E-state index in [-0.39, 0.29) is 5.91 Å². The van der Waals surface area contributed by atoms with Crippen molar-refractivity contribution in [3.63, 3.8) is 0 Å². The van der Waals surface area contributed by atoms with Crippen LogP contribution in [0.2, 0.25) is 0 Å². The fourth-order valence-corrected chi connectivity index (χ4v) is 4.65. The minimum atomic E-state index is -0.0610. The lowest BCUT2D eigenvalue weighted by molar-refractivity contribution is -0.116. The van der Waals surface area contributed by atoms with Crippen molar-refractivity contribution in [2.45, 2.75) is 56.7 Å². The summed E-state index contributed by atoms with van der Waals surface area (Å²) in [5.74, 6) is 2.25. The van der Waals surface area contributed by atoms with Gasteiger partial charge >= 0.3 is 0 Å². The normalized spacial score (nSPS) is 11.0. The number of thioether (sulfide) groups is 1. The first-order valence-electron chi connectivity index (χ1n) is 9.18. The first-order valence-corrected chi connectivity index (χ1v) is 11.8. The first kappa shape index (κ1) is 22.2. The molecule has 0 saturated carbocycles. The Morgan fingerprint density at radius 3 is 2.85 bits per heavy atom. The van der Waals surface area contributed by atoms with E-state index in [0.29, 0.717) is 30.5 Å². The lowest BCUT2D eigenvalue weighted by Crippen LogP contribution is -2.12. The van der Waals surface area contributed by atoms with Crippen LogP contribution in [-0.2, 0) is 4.79 Å². The van der Waals surface area contributed by atoms with Gasteiger partial charge in [0.15, 0.2) is 4.34 Å². The fraction of sp³-hybridized carbons (Fsp3) is 0.526. The molecule has 1 amide bonds. The second kappa shape index (κ2) is 11.7. The van der Waals surface area contributed by atoms with Crippen LogP contribution < -0.4 is 10.1 Å². The van der Waals surface area contributed by atoms with Crippen LogP contribution >= 0.6 is 39.0 Å². The van der Waals surface area contributed by atoms with Crippen LogP contribution in [0.3, 0.4) is 0 Å². The van der Waals surface area contributed by atoms with E-state index in [4.69, 9.17) is 4.74 Å². The van der Waals surface area contributed by atoms with Gasteiger partial charge in [-0.25, -0.2) is 0 Å². The number of nitrogens with zero attached hydrogens (tertiary/aromatic N) is 2. The predicted octanol–water partition coefficient (Wildman–Crippen LogP) is 6.11. The number of benzene rings is 1. The monoisotopic (exact) mass is 471 g/mol. The fourth-order valence-electron chi connectivity index (χ4n) is 2.21. The highest BCUT2D eigenvalue weighted by molar-refractivity contribution is 9.10. The maximum absolute atomic E-state index is 12.0. The number of hydrogen-bond donors (Lipinski definition) is 1. The summed E-state index contributed by atoms with van der Waals surface area (Å²) in [5, 5.41) is 11.5. The van der Waals surface area contributed by atoms with Crippen LogP contribution in [0.5, 0.6) is 5.75 Å². The number of amides is 1. The van der Waals surface area contributed by atoms with Crippen molar-refractivity contribution < 1.29 is 9.53 Å². The third kappa shape index (κ3) is 7.79. The van der Waals surface area contributed by atoms with Gasteiger partial charge in [0.1, 0.15) is 5.75 Å². The third-order valence-electron chi connectivity index (χ3n) is 3.80. The minimum Gasteiger partial charge on any atom is -0.492 e. The summed E-state index contributed by atoms with van der Waals surface area (Å²) in [6, 6.07) is 6.12. The molecule has 1 aromatic carbocycles. The Kier molecular flexibility index (Phi) is 9.58. The molecule has 148 valence electrons. The standard InChI is InChI=1S/C19H26BrN3O2S2/c1-4-5-11-26-19-23-22-18(27-19)21-17(24)7-6-10-25-16-9-8-14(13(2)3)12-15(16)20/h8-9,12-13H,4-7,10-11H2,1-3H3,(H,21,22,24). The minimum absolute atomic E-state index is 0.0610. The largest absolute Gasteiger partial charge is 0.492 e. The molecule has 5 nitrogen and oxygen atoms in total. The lowest BCUT2D eigenvalue weighted by Gasteiger charge is -2.11. The van der Waals surface area contributed by atoms with Crippen molar-refractivity contribution in [1.29, 1.82) is 0 Å². The van der Waals surface area contributed by atoms with Gasteiger partial charge in [0.05, 0.1) is 11.1 Å². The Labute approximate surface area is 177 Å². The summed E-state index contributed by atoms with van der Waals surface area (Å²) < 4.78 is 7.62. The Morgan fingerprint density at radius 1 is 1.33 bits per heavy atom. The molecule has 1 N–H and O–H groups in total. The predicted molar refractivity (Wildman–Crippen MR) is 117 cm³/mol. The molecule has 2 aromatic rings. The SMILES string of the molecule is CCCCSc1nnc(NC(=O)CCCOc2ccc(C(C)C)cc2Br)s1. The van der Waals surface area contributed by atoms with Gasteiger partial charge in [0.25, 0.3) is 0 Å². The molecule has 0 saturated heterocycles. The van der Waals surface area contributed by atoms with Crippen LogP contribution in [0.4, 0.5) is 5.13 Å². The topological polar surface area (TPSA) is 64.1 Å². The summed E-state index contributed by atoms with van der Waals surface area (Å²) in [7, 11) is 0. The van der Waals surface area contributed by atoms with E-state index >= 15 is 0 Å². The number of unbranched alkanes of at least 4 members (excludes halogenated alkanes) is 1. The number of carbonyl (C=O) groups excluding carboxylic acids is 1. The number of anilines is 1. The van der Waals surface area contributed by atoms with Gasteiger partial charge in [-0.3, -0.25) is 4.79 Å². The molecule has 0 radical (unpaired) electrons. The van der Waals surface area contributed by atoms with Crippen molar-refractivity contribution in [3.8, 4) is 5.75 Å². The van der Waals surface area contributed by atoms with E-state index in [0.717, 1.165) is 33.2 Å². The Balaban J connectivity index is 1.69. The number of ether oxygens (including phenoxy) is 1. The Morgan fingerprint density at radius 2 is 2.15 bits per heavy atom. The highest BCUT2D eigenvalue weighted by Gasteiger charge is 2.09. The highest BCUT2D eigenvalue weighted by Crippen LogP contribution is 2.29. The number of rotatable bonds is 11. The van der Waals surface area contributed by atoms with Gasteiger partial charge < -0.3 is 10.1 Å². The molecule has 27 heavy (non-hydrogen) atoms. The van der Waals surface area contributed by atoms with Gasteiger partial charge in [-0.2, -0.15) is 0 Å². The zero-order valence-corrected chi connectivity index (χ0v) is 19.2. The zero-order valence-electron chi connectivity index (χ0n) is 16.0. The van der Waals surface area contributed by atoms with Crippen LogP contribution in [-0.4, -0.2) is 28.5 Å². The molecule has 8 heteroatoms. The molecule has 2 rings (SSSR count). The van der Waals surface area contributed by atoms with E-state index in [1.165, 1.54) is 16.9 Å². The van der Waals surface area contributed by atoms with Crippen molar-refractivity contribution in [3.05, 3.63) is 28.2 Å². The quantitative estimate of drug-likeness (QED) is 0.243. The number of carbonyl (C=O) groups is 1. The van der Waals surface area contributed by atoms with Crippen molar-refractivity contribution in [1.82, 2.24) is 10.2 Å². The maximum Gasteiger partial charge on any atom is 0.226 e. The van der Waals surface area contributed by atoms with E-state index in [2.05, 4.69) is 64.3 Å². The second-order valence-corrected chi connectivity index (χ2v) is 9.59. The third-order valence-corrected chi connectivity index (χ3v) is 6.48. The van der Waals surface area contributed by atoms with Crippen molar-refractivity contribution in [2.75, 3.05) is 17.7 Å². The van der Waals surface area contributed by atoms with Gasteiger partial charge in [-0.15, -0.1) is 10.2 Å². The molecule has 0 aliphatic heterocycles. The summed E-state index contributed by atoms with van der Waals surface area (Å²) in [5.41, 5.74) is 1.26. The summed E-state index contributed by atoms with van der Waals surface area (Å²) in [6.07, 6.45) is 3.35. The smallest absolute Gasteiger partial charge is 0.226 e. The van der Waals surface area contributed by atoms with Crippen molar-refractivity contribution >= 4 is 50.1 Å². The number of hydrogen-bond acceptors (Lipinski definition) is 6. The van der Waals surface area contributed by atoms with Crippen molar-refractivity contribution in [2.24, 2.45) is 0 Å². The maximum atomic E-state index is 12.0. The molecule has 0 unspecified atom stereocenters. The molecule has 0 aliphatic rings. The Bertz CT molecular complexity index is 737. The lowest BCUT2D eigenvalue weighted by atomic mass is 10.0. The van der Waals surface area contributed by atoms with Gasteiger partial charge in [-0.1, -0.05) is 56.4 Å². The van der Waals surface area contributed by atoms with Crippen LogP contribution in [0.15, 0.2) is 27.0 Å². The van der Waals surface area contributed by atoms with Crippen LogP contribution in [0.1, 0.15) is 57.9 Å². The van der Waals surface area contributed by atoms with Gasteiger partial charge in [-0.05, 0) is 52.4 Å². The van der Waals surface area contributed by atoms with Crippen LogP contribution in [0.25, 0.3) is 0 Å². The molecule has 0 atom stereocenters. The van der Waals surface area contributed by atoms with E-state index < -0.39 is 0 Å². The van der Waals surface area contributed by atoms with E-state index in [1.54, 1.807) is 11.8 Å². The van der Waals surface area contributed by atoms with Gasteiger partial charge in [0, 0.05) is 12.2 Å².